The Morgan fingerprint density at radius 2 is 1.96 bits per heavy atom. The van der Waals surface area contributed by atoms with E-state index in [1.54, 1.807) is 13.1 Å². The van der Waals surface area contributed by atoms with E-state index < -0.39 is 6.10 Å². The summed E-state index contributed by atoms with van der Waals surface area (Å²) in [7, 11) is 0. The first-order valence-electron chi connectivity index (χ1n) is 7.58. The molecule has 126 valence electrons. The molecule has 25 heavy (non-hydrogen) atoms. The van der Waals surface area contributed by atoms with Crippen molar-refractivity contribution < 1.29 is 18.1 Å². The van der Waals surface area contributed by atoms with Gasteiger partial charge in [-0.25, -0.2) is 9.37 Å². The van der Waals surface area contributed by atoms with Gasteiger partial charge < -0.3 is 13.7 Å². The maximum atomic E-state index is 12.9. The van der Waals surface area contributed by atoms with Crippen LogP contribution in [0.4, 0.5) is 4.39 Å². The second kappa shape index (κ2) is 5.97. The summed E-state index contributed by atoms with van der Waals surface area (Å²) in [6.45, 7) is 3.60. The highest BCUT2D eigenvalue weighted by Gasteiger charge is 2.18. The third-order valence-corrected chi connectivity index (χ3v) is 3.67. The minimum Gasteiger partial charge on any atom is -0.481 e. The van der Waals surface area contributed by atoms with Gasteiger partial charge in [-0.05, 0) is 44.2 Å². The predicted octanol–water partition coefficient (Wildman–Crippen LogP) is 3.86. The van der Waals surface area contributed by atoms with Gasteiger partial charge in [0, 0.05) is 6.20 Å². The maximum absolute atomic E-state index is 12.9. The molecule has 3 heterocycles. The Labute approximate surface area is 141 Å². The lowest BCUT2D eigenvalue weighted by Gasteiger charge is -2.10. The van der Waals surface area contributed by atoms with E-state index in [0.717, 1.165) is 11.1 Å². The van der Waals surface area contributed by atoms with Crippen molar-refractivity contribution in [2.24, 2.45) is 0 Å². The molecule has 0 radical (unpaired) electrons. The fraction of sp³-hybridized carbons (Fsp3) is 0.176. The van der Waals surface area contributed by atoms with Crippen LogP contribution < -0.4 is 4.74 Å². The molecule has 0 saturated heterocycles. The summed E-state index contributed by atoms with van der Waals surface area (Å²) in [6.07, 6.45) is 1.09. The molecule has 3 aromatic heterocycles. The number of pyridine rings is 1. The summed E-state index contributed by atoms with van der Waals surface area (Å²) in [5.41, 5.74) is 1.85. The maximum Gasteiger partial charge on any atom is 0.257 e. The number of hydrogen-bond donors (Lipinski definition) is 0. The van der Waals surface area contributed by atoms with Crippen LogP contribution in [0.2, 0.25) is 0 Å². The van der Waals surface area contributed by atoms with E-state index >= 15 is 0 Å². The van der Waals surface area contributed by atoms with Gasteiger partial charge in [-0.3, -0.25) is 0 Å². The van der Waals surface area contributed by atoms with Crippen LogP contribution in [0.25, 0.3) is 22.6 Å². The van der Waals surface area contributed by atoms with E-state index in [-0.39, 0.29) is 5.82 Å². The summed E-state index contributed by atoms with van der Waals surface area (Å²) in [5.74, 6) is 0.810. The van der Waals surface area contributed by atoms with E-state index in [1.165, 1.54) is 24.3 Å². The monoisotopic (exact) mass is 340 g/mol. The van der Waals surface area contributed by atoms with Crippen molar-refractivity contribution in [2.75, 3.05) is 0 Å². The smallest absolute Gasteiger partial charge is 0.257 e. The lowest BCUT2D eigenvalue weighted by atomic mass is 10.2. The highest BCUT2D eigenvalue weighted by atomic mass is 19.1. The average Bonchev–Trinajstić information content (AvgIpc) is 3.24. The largest absolute Gasteiger partial charge is 0.481 e. The average molecular weight is 340 g/mol. The molecule has 8 heteroatoms. The molecular formula is C17H13FN4O3. The Morgan fingerprint density at radius 1 is 1.16 bits per heavy atom. The number of hydrogen-bond acceptors (Lipinski definition) is 7. The molecule has 0 aliphatic heterocycles. The Hall–Kier alpha value is -3.29. The molecule has 4 aromatic rings. The molecule has 1 aromatic carbocycles. The van der Waals surface area contributed by atoms with Gasteiger partial charge in [0.1, 0.15) is 11.6 Å². The first-order valence-corrected chi connectivity index (χ1v) is 7.58. The van der Waals surface area contributed by atoms with Crippen LogP contribution in [0.1, 0.15) is 24.6 Å². The highest BCUT2D eigenvalue weighted by Crippen LogP contribution is 2.26. The van der Waals surface area contributed by atoms with Gasteiger partial charge in [0.25, 0.3) is 11.6 Å². The molecule has 1 unspecified atom stereocenters. The normalized spacial score (nSPS) is 12.4. The van der Waals surface area contributed by atoms with E-state index in [0.29, 0.717) is 28.8 Å². The van der Waals surface area contributed by atoms with Gasteiger partial charge in [0.15, 0.2) is 6.10 Å². The van der Waals surface area contributed by atoms with Crippen molar-refractivity contribution >= 4 is 11.1 Å². The topological polar surface area (TPSA) is 87.1 Å². The van der Waals surface area contributed by atoms with Gasteiger partial charge in [0.05, 0.1) is 16.6 Å². The molecular weight excluding hydrogens is 327 g/mol. The molecule has 0 fully saturated rings. The van der Waals surface area contributed by atoms with Crippen LogP contribution in [-0.2, 0) is 0 Å². The summed E-state index contributed by atoms with van der Waals surface area (Å²) >= 11 is 0. The summed E-state index contributed by atoms with van der Waals surface area (Å²) in [6, 6.07) is 7.55. The number of benzene rings is 1. The third kappa shape index (κ3) is 2.93. The van der Waals surface area contributed by atoms with Gasteiger partial charge in [0.2, 0.25) is 5.89 Å². The fourth-order valence-corrected chi connectivity index (χ4v) is 2.35. The quantitative estimate of drug-likeness (QED) is 0.557. The zero-order chi connectivity index (χ0) is 17.4. The minimum absolute atomic E-state index is 0.307. The molecule has 0 bridgehead atoms. The van der Waals surface area contributed by atoms with E-state index in [2.05, 4.69) is 20.3 Å². The van der Waals surface area contributed by atoms with Crippen molar-refractivity contribution in [3.63, 3.8) is 0 Å². The number of aryl methyl sites for hydroxylation is 1. The molecule has 0 aliphatic carbocycles. The van der Waals surface area contributed by atoms with Crippen LogP contribution >= 0.6 is 0 Å². The molecule has 7 nitrogen and oxygen atoms in total. The van der Waals surface area contributed by atoms with Crippen molar-refractivity contribution in [1.82, 2.24) is 20.3 Å². The molecule has 1 atom stereocenters. The van der Waals surface area contributed by atoms with Crippen molar-refractivity contribution in [3.8, 4) is 17.2 Å². The molecule has 0 spiro atoms. The number of ether oxygens (including phenoxy) is 1. The van der Waals surface area contributed by atoms with E-state index in [9.17, 15) is 4.39 Å². The predicted molar refractivity (Wildman–Crippen MR) is 85.3 cm³/mol. The second-order valence-corrected chi connectivity index (χ2v) is 5.50. The summed E-state index contributed by atoms with van der Waals surface area (Å²) in [5, 5.41) is 12.7. The lowest BCUT2D eigenvalue weighted by molar-refractivity contribution is 0.189. The second-order valence-electron chi connectivity index (χ2n) is 5.50. The van der Waals surface area contributed by atoms with Gasteiger partial charge >= 0.3 is 0 Å². The Balaban J connectivity index is 1.57. The SMILES string of the molecule is Cc1noc2ncc(-c3nnc(C(C)Oc4ccc(F)cc4)o3)cc12. The number of halogens is 1. The third-order valence-electron chi connectivity index (χ3n) is 3.67. The number of aromatic nitrogens is 4. The van der Waals surface area contributed by atoms with E-state index in [4.69, 9.17) is 13.7 Å². The van der Waals surface area contributed by atoms with Crippen molar-refractivity contribution in [2.45, 2.75) is 20.0 Å². The molecule has 0 amide bonds. The number of fused-ring (bicyclic) bond motifs is 1. The lowest BCUT2D eigenvalue weighted by Crippen LogP contribution is -2.03. The molecule has 0 saturated carbocycles. The van der Waals surface area contributed by atoms with Crippen LogP contribution in [0, 0.1) is 12.7 Å². The number of nitrogens with zero attached hydrogens (tertiary/aromatic N) is 4. The van der Waals surface area contributed by atoms with Crippen LogP contribution in [-0.4, -0.2) is 20.3 Å². The Morgan fingerprint density at radius 3 is 2.76 bits per heavy atom. The van der Waals surface area contributed by atoms with Crippen molar-refractivity contribution in [3.05, 3.63) is 53.9 Å². The standard InChI is InChI=1S/C17H13FN4O3/c1-9-14-7-11(8-19-17(14)25-22-9)16-21-20-15(24-16)10(2)23-13-5-3-12(18)4-6-13/h3-8,10H,1-2H3. The van der Waals surface area contributed by atoms with E-state index in [1.807, 2.05) is 13.0 Å². The summed E-state index contributed by atoms with van der Waals surface area (Å²) < 4.78 is 29.4. The Kier molecular flexibility index (Phi) is 3.64. The fourth-order valence-electron chi connectivity index (χ4n) is 2.35. The molecule has 0 N–H and O–H groups in total. The molecule has 0 aliphatic rings. The highest BCUT2D eigenvalue weighted by molar-refractivity contribution is 5.79. The van der Waals surface area contributed by atoms with Crippen molar-refractivity contribution in [1.29, 1.82) is 0 Å². The van der Waals surface area contributed by atoms with Crippen LogP contribution in [0.3, 0.4) is 0 Å². The van der Waals surface area contributed by atoms with Crippen LogP contribution in [0.15, 0.2) is 45.5 Å². The van der Waals surface area contributed by atoms with Gasteiger partial charge in [-0.15, -0.1) is 10.2 Å². The number of rotatable bonds is 4. The molecule has 4 rings (SSSR count). The Bertz CT molecular complexity index is 1030. The van der Waals surface area contributed by atoms with Gasteiger partial charge in [-0.2, -0.15) is 0 Å². The van der Waals surface area contributed by atoms with Crippen LogP contribution in [0.5, 0.6) is 5.75 Å². The summed E-state index contributed by atoms with van der Waals surface area (Å²) in [4.78, 5) is 4.18. The van der Waals surface area contributed by atoms with Gasteiger partial charge in [-0.1, -0.05) is 5.16 Å². The zero-order valence-corrected chi connectivity index (χ0v) is 13.4. The first kappa shape index (κ1) is 15.3. The zero-order valence-electron chi connectivity index (χ0n) is 13.4. The first-order chi connectivity index (χ1) is 12.1. The minimum atomic E-state index is -0.485.